The average Bonchev–Trinajstić information content (AvgIpc) is 3.68. The maximum Gasteiger partial charge on any atom is 0.245 e. The molecule has 4 fully saturated rings. The number of likely N-dealkylation sites (tertiary alicyclic amines) is 3. The summed E-state index contributed by atoms with van der Waals surface area (Å²) in [6, 6.07) is -4.89. The van der Waals surface area contributed by atoms with E-state index in [2.05, 4.69) is 28.2 Å². The highest BCUT2D eigenvalue weighted by atomic mass is 32.2. The molecule has 4 rings (SSSR count). The van der Waals surface area contributed by atoms with E-state index < -0.39 is 65.8 Å². The third-order valence-corrected chi connectivity index (χ3v) is 12.9. The van der Waals surface area contributed by atoms with Gasteiger partial charge in [0.25, 0.3) is 0 Å². The molecule has 3 heterocycles. The molecule has 7 atom stereocenters. The Labute approximate surface area is 343 Å². The minimum absolute atomic E-state index is 0.0537. The summed E-state index contributed by atoms with van der Waals surface area (Å²) in [5.74, 6) is -1.45. The summed E-state index contributed by atoms with van der Waals surface area (Å²) in [6.07, 6.45) is 11.6. The largest absolute Gasteiger partial charge is 0.391 e. The van der Waals surface area contributed by atoms with E-state index in [1.54, 1.807) is 4.90 Å². The van der Waals surface area contributed by atoms with Gasteiger partial charge < -0.3 is 41.1 Å². The van der Waals surface area contributed by atoms with Crippen molar-refractivity contribution in [3.8, 4) is 0 Å². The predicted octanol–water partition coefficient (Wildman–Crippen LogP) is 2.09. The highest BCUT2D eigenvalue weighted by molar-refractivity contribution is 7.98. The van der Waals surface area contributed by atoms with Crippen LogP contribution < -0.4 is 21.3 Å². The normalized spacial score (nSPS) is 22.6. The molecule has 7 amide bonds. The van der Waals surface area contributed by atoms with Gasteiger partial charge in [0, 0.05) is 45.6 Å². The Bertz CT molecular complexity index is 1390. The van der Waals surface area contributed by atoms with E-state index in [1.165, 1.54) is 34.9 Å². The van der Waals surface area contributed by atoms with Crippen molar-refractivity contribution < 1.29 is 38.7 Å². The Hall–Kier alpha value is -3.40. The molecule has 0 aromatic heterocycles. The van der Waals surface area contributed by atoms with Crippen molar-refractivity contribution >= 4 is 53.1 Å². The number of piperidine rings is 1. The van der Waals surface area contributed by atoms with Gasteiger partial charge in [-0.2, -0.15) is 11.8 Å². The third-order valence-electron chi connectivity index (χ3n) is 12.2. The van der Waals surface area contributed by atoms with Gasteiger partial charge >= 0.3 is 0 Å². The van der Waals surface area contributed by atoms with Gasteiger partial charge in [-0.3, -0.25) is 33.6 Å². The number of aliphatic hydroxyl groups is 1. The second-order valence-electron chi connectivity index (χ2n) is 16.6. The van der Waals surface area contributed by atoms with Crippen LogP contribution in [0.2, 0.25) is 0 Å². The van der Waals surface area contributed by atoms with Gasteiger partial charge in [0.2, 0.25) is 41.4 Å². The molecule has 1 saturated carbocycles. The summed E-state index contributed by atoms with van der Waals surface area (Å²) < 4.78 is 0. The first kappa shape index (κ1) is 46.3. The second-order valence-corrected chi connectivity index (χ2v) is 17.6. The van der Waals surface area contributed by atoms with E-state index in [4.69, 9.17) is 0 Å². The highest BCUT2D eigenvalue weighted by Crippen LogP contribution is 2.31. The summed E-state index contributed by atoms with van der Waals surface area (Å²) in [5.41, 5.74) is 0. The Morgan fingerprint density at radius 1 is 0.719 bits per heavy atom. The number of hydrogen-bond acceptors (Lipinski definition) is 9. The quantitative estimate of drug-likeness (QED) is 0.122. The van der Waals surface area contributed by atoms with Gasteiger partial charge in [-0.15, -0.1) is 0 Å². The number of rotatable bonds is 20. The van der Waals surface area contributed by atoms with E-state index in [-0.39, 0.29) is 37.1 Å². The topological polar surface area (TPSA) is 198 Å². The minimum Gasteiger partial charge on any atom is -0.391 e. The molecular formula is C41H69N7O8S. The molecule has 0 unspecified atom stereocenters. The lowest BCUT2D eigenvalue weighted by molar-refractivity contribution is -0.147. The van der Waals surface area contributed by atoms with E-state index in [9.17, 15) is 38.7 Å². The summed E-state index contributed by atoms with van der Waals surface area (Å²) >= 11 is 1.52. The maximum absolute atomic E-state index is 14.4. The summed E-state index contributed by atoms with van der Waals surface area (Å²) in [5, 5.41) is 21.6. The van der Waals surface area contributed by atoms with Gasteiger partial charge in [-0.05, 0) is 88.6 Å². The lowest BCUT2D eigenvalue weighted by Gasteiger charge is -2.38. The van der Waals surface area contributed by atoms with E-state index in [0.29, 0.717) is 89.2 Å². The summed E-state index contributed by atoms with van der Waals surface area (Å²) in [7, 11) is 0. The van der Waals surface area contributed by atoms with Crippen LogP contribution >= 0.6 is 11.8 Å². The second kappa shape index (κ2) is 23.3. The van der Waals surface area contributed by atoms with Gasteiger partial charge in [-0.1, -0.05) is 46.0 Å². The van der Waals surface area contributed by atoms with E-state index in [0.717, 1.165) is 32.1 Å². The molecule has 0 radical (unpaired) electrons. The number of nitrogens with zero attached hydrogens (tertiary/aromatic N) is 3. The molecule has 57 heavy (non-hydrogen) atoms. The van der Waals surface area contributed by atoms with Crippen LogP contribution in [0.1, 0.15) is 124 Å². The first-order valence-corrected chi connectivity index (χ1v) is 23.0. The van der Waals surface area contributed by atoms with E-state index in [1.807, 2.05) is 13.2 Å². The fourth-order valence-electron chi connectivity index (χ4n) is 8.61. The number of aliphatic hydroxyl groups excluding tert-OH is 1. The Kier molecular flexibility index (Phi) is 18.9. The monoisotopic (exact) mass is 819 g/mol. The molecule has 5 N–H and O–H groups in total. The zero-order chi connectivity index (χ0) is 41.5. The lowest BCUT2D eigenvalue weighted by atomic mass is 9.79. The van der Waals surface area contributed by atoms with Gasteiger partial charge in [0.1, 0.15) is 30.2 Å². The number of thioether (sulfide) groups is 1. The number of nitrogens with one attached hydrogen (secondary N) is 4. The standard InChI is InChI=1S/C41H69N7O8S/c1-5-20-42-39(54)36(28(3)49)45-38(53)33-16-11-24-48(33)41(56)31(19-25-57-4)44-37(52)32-15-9-10-23-47(32)40(55)30(17-18-35(51)46-21-12-22-46)43-34(50)26-27(2)29-13-7-6-8-14-29/h27-33,36,49H,5-26H2,1-4H3,(H,42,54)(H,43,50)(H,44,52)(H,45,53)/t27-,28+,30-,31-,32-,33-,36-/m0/s1. The van der Waals surface area contributed by atoms with Crippen molar-refractivity contribution in [3.63, 3.8) is 0 Å². The lowest BCUT2D eigenvalue weighted by Crippen LogP contribution is -2.61. The Morgan fingerprint density at radius 2 is 1.32 bits per heavy atom. The predicted molar refractivity (Wildman–Crippen MR) is 219 cm³/mol. The van der Waals surface area contributed by atoms with Crippen LogP contribution in [0.5, 0.6) is 0 Å². The van der Waals surface area contributed by atoms with Crippen molar-refractivity contribution in [2.75, 3.05) is 44.7 Å². The molecule has 15 nitrogen and oxygen atoms in total. The van der Waals surface area contributed by atoms with Crippen LogP contribution in [-0.2, 0) is 33.6 Å². The van der Waals surface area contributed by atoms with Gasteiger partial charge in [0.15, 0.2) is 0 Å². The number of amides is 7. The van der Waals surface area contributed by atoms with E-state index >= 15 is 0 Å². The molecule has 322 valence electrons. The molecule has 0 aromatic rings. The zero-order valence-corrected chi connectivity index (χ0v) is 35.5. The number of carbonyl (C=O) groups is 7. The Morgan fingerprint density at radius 3 is 1.91 bits per heavy atom. The first-order valence-electron chi connectivity index (χ1n) is 21.6. The molecule has 16 heteroatoms. The molecule has 1 aliphatic carbocycles. The van der Waals surface area contributed by atoms with Crippen LogP contribution in [-0.4, -0.2) is 142 Å². The molecule has 0 aromatic carbocycles. The molecular weight excluding hydrogens is 751 g/mol. The SMILES string of the molecule is CCCNC(=O)[C@@H](NC(=O)[C@@H]1CCCN1C(=O)[C@H](CCSC)NC(=O)[C@@H]1CCCCN1C(=O)[C@H](CCC(=O)N1CCC1)NC(=O)C[C@H](C)C1CCCCC1)[C@@H](C)O. The Balaban J connectivity index is 1.46. The maximum atomic E-state index is 14.4. The highest BCUT2D eigenvalue weighted by Gasteiger charge is 2.42. The van der Waals surface area contributed by atoms with Crippen LogP contribution in [0.25, 0.3) is 0 Å². The summed E-state index contributed by atoms with van der Waals surface area (Å²) in [6.45, 7) is 7.76. The zero-order valence-electron chi connectivity index (χ0n) is 34.7. The molecule has 3 aliphatic heterocycles. The van der Waals surface area contributed by atoms with Crippen LogP contribution in [0.3, 0.4) is 0 Å². The van der Waals surface area contributed by atoms with Crippen LogP contribution in [0.4, 0.5) is 0 Å². The average molecular weight is 820 g/mol. The number of hydrogen-bond donors (Lipinski definition) is 5. The van der Waals surface area contributed by atoms with Crippen LogP contribution in [0.15, 0.2) is 0 Å². The van der Waals surface area contributed by atoms with Crippen molar-refractivity contribution in [1.82, 2.24) is 36.0 Å². The van der Waals surface area contributed by atoms with Crippen molar-refractivity contribution in [1.29, 1.82) is 0 Å². The summed E-state index contributed by atoms with van der Waals surface area (Å²) in [4.78, 5) is 100. The molecule has 4 aliphatic rings. The van der Waals surface area contributed by atoms with Gasteiger partial charge in [0.05, 0.1) is 6.10 Å². The third kappa shape index (κ3) is 13.3. The first-order chi connectivity index (χ1) is 27.4. The smallest absolute Gasteiger partial charge is 0.245 e. The minimum atomic E-state index is -1.19. The van der Waals surface area contributed by atoms with Gasteiger partial charge in [-0.25, -0.2) is 0 Å². The molecule has 0 bridgehead atoms. The van der Waals surface area contributed by atoms with Crippen molar-refractivity contribution in [3.05, 3.63) is 0 Å². The number of carbonyl (C=O) groups excluding carboxylic acids is 7. The fraction of sp³-hybridized carbons (Fsp3) is 0.829. The van der Waals surface area contributed by atoms with Crippen LogP contribution in [0, 0.1) is 11.8 Å². The van der Waals surface area contributed by atoms with Crippen molar-refractivity contribution in [2.45, 2.75) is 160 Å². The fourth-order valence-corrected chi connectivity index (χ4v) is 9.08. The van der Waals surface area contributed by atoms with Crippen molar-refractivity contribution in [2.24, 2.45) is 11.8 Å². The molecule has 0 spiro atoms. The molecule has 3 saturated heterocycles.